The summed E-state index contributed by atoms with van der Waals surface area (Å²) < 4.78 is 41.4. The number of fused-ring (bicyclic) bond motifs is 1. The summed E-state index contributed by atoms with van der Waals surface area (Å²) in [5, 5.41) is 2.60. The Balaban J connectivity index is 1.86. The van der Waals surface area contributed by atoms with Crippen molar-refractivity contribution in [1.29, 1.82) is 0 Å². The Morgan fingerprint density at radius 1 is 1.22 bits per heavy atom. The van der Waals surface area contributed by atoms with Crippen molar-refractivity contribution in [2.45, 2.75) is 45.8 Å². The molecule has 1 amide bonds. The van der Waals surface area contributed by atoms with Crippen LogP contribution < -0.4 is 19.5 Å². The lowest BCUT2D eigenvalue weighted by Gasteiger charge is -2.17. The Morgan fingerprint density at radius 3 is 2.63 bits per heavy atom. The molecule has 0 aliphatic carbocycles. The van der Waals surface area contributed by atoms with Crippen molar-refractivity contribution >= 4 is 27.6 Å². The van der Waals surface area contributed by atoms with Gasteiger partial charge in [-0.1, -0.05) is 13.3 Å². The predicted molar refractivity (Wildman–Crippen MR) is 98.0 cm³/mol. The van der Waals surface area contributed by atoms with Crippen LogP contribution in [0.3, 0.4) is 0 Å². The smallest absolute Gasteiger partial charge is 0.324 e. The van der Waals surface area contributed by atoms with Gasteiger partial charge in [0.15, 0.2) is 17.6 Å². The molecular formula is C17H24N2O7S. The quantitative estimate of drug-likeness (QED) is 0.601. The van der Waals surface area contributed by atoms with E-state index in [2.05, 4.69) is 10.0 Å². The third-order valence-electron chi connectivity index (χ3n) is 3.78. The molecule has 1 heterocycles. The standard InChI is InChI=1S/C17H24N2O7S/c1-4-5-8-27(22,23)19-11(2)17(21)26-12(3)16(20)18-13-6-7-14-15(9-13)25-10-24-14/h6-7,9,11-12,19H,4-5,8,10H2,1-3H3,(H,18,20)/t11-,12+/m0/s1. The molecule has 9 nitrogen and oxygen atoms in total. The van der Waals surface area contributed by atoms with Crippen LogP contribution in [0.4, 0.5) is 5.69 Å². The third kappa shape index (κ3) is 6.10. The summed E-state index contributed by atoms with van der Waals surface area (Å²) in [5.74, 6) is -0.364. The van der Waals surface area contributed by atoms with Crippen LogP contribution in [0.2, 0.25) is 0 Å². The SMILES string of the molecule is CCCCS(=O)(=O)N[C@@H](C)C(=O)O[C@H](C)C(=O)Nc1ccc2c(c1)OCO2. The Morgan fingerprint density at radius 2 is 1.93 bits per heavy atom. The first kappa shape index (κ1) is 21.0. The van der Waals surface area contributed by atoms with E-state index in [1.54, 1.807) is 18.2 Å². The molecule has 1 aromatic carbocycles. The summed E-state index contributed by atoms with van der Waals surface area (Å²) in [6, 6.07) is 3.79. The number of carbonyl (C=O) groups is 2. The molecule has 2 atom stereocenters. The summed E-state index contributed by atoms with van der Waals surface area (Å²) in [4.78, 5) is 24.2. The number of esters is 1. The van der Waals surface area contributed by atoms with Crippen LogP contribution in [0.15, 0.2) is 18.2 Å². The fourth-order valence-corrected chi connectivity index (χ4v) is 3.68. The predicted octanol–water partition coefficient (Wildman–Crippen LogP) is 1.39. The molecule has 150 valence electrons. The highest BCUT2D eigenvalue weighted by molar-refractivity contribution is 7.89. The van der Waals surface area contributed by atoms with Gasteiger partial charge in [0.2, 0.25) is 16.8 Å². The van der Waals surface area contributed by atoms with Crippen LogP contribution in [-0.4, -0.2) is 45.0 Å². The van der Waals surface area contributed by atoms with Crippen LogP contribution in [0.5, 0.6) is 11.5 Å². The zero-order chi connectivity index (χ0) is 20.0. The Hall–Kier alpha value is -2.33. The maximum atomic E-state index is 12.2. The second-order valence-corrected chi connectivity index (χ2v) is 8.02. The average Bonchev–Trinajstić information content (AvgIpc) is 3.07. The van der Waals surface area contributed by atoms with E-state index in [0.717, 1.165) is 6.42 Å². The molecule has 0 radical (unpaired) electrons. The first-order valence-corrected chi connectivity index (χ1v) is 10.3. The zero-order valence-electron chi connectivity index (χ0n) is 15.5. The van der Waals surface area contributed by atoms with Crippen LogP contribution in [0, 0.1) is 0 Å². The van der Waals surface area contributed by atoms with Gasteiger partial charge < -0.3 is 19.5 Å². The van der Waals surface area contributed by atoms with E-state index in [0.29, 0.717) is 23.6 Å². The van der Waals surface area contributed by atoms with Gasteiger partial charge in [-0.3, -0.25) is 9.59 Å². The highest BCUT2D eigenvalue weighted by Gasteiger charge is 2.25. The molecule has 2 N–H and O–H groups in total. The normalized spacial score (nSPS) is 15.1. The lowest BCUT2D eigenvalue weighted by molar-refractivity contribution is -0.154. The summed E-state index contributed by atoms with van der Waals surface area (Å²) in [6.07, 6.45) is 0.105. The summed E-state index contributed by atoms with van der Waals surface area (Å²) >= 11 is 0. The number of anilines is 1. The Labute approximate surface area is 158 Å². The van der Waals surface area contributed by atoms with Crippen LogP contribution in [-0.2, 0) is 24.3 Å². The number of ether oxygens (including phenoxy) is 3. The maximum absolute atomic E-state index is 12.2. The summed E-state index contributed by atoms with van der Waals surface area (Å²) in [7, 11) is -3.58. The molecule has 10 heteroatoms. The zero-order valence-corrected chi connectivity index (χ0v) is 16.3. The highest BCUT2D eigenvalue weighted by atomic mass is 32.2. The van der Waals surface area contributed by atoms with Crippen molar-refractivity contribution in [2.24, 2.45) is 0 Å². The molecule has 1 aliphatic rings. The summed E-state index contributed by atoms with van der Waals surface area (Å²) in [6.45, 7) is 4.76. The van der Waals surface area contributed by atoms with Gasteiger partial charge >= 0.3 is 5.97 Å². The second-order valence-electron chi connectivity index (χ2n) is 6.15. The fourth-order valence-electron chi connectivity index (χ4n) is 2.26. The molecule has 27 heavy (non-hydrogen) atoms. The van der Waals surface area contributed by atoms with Gasteiger partial charge in [0.25, 0.3) is 5.91 Å². The van der Waals surface area contributed by atoms with Crippen LogP contribution in [0.1, 0.15) is 33.6 Å². The maximum Gasteiger partial charge on any atom is 0.324 e. The van der Waals surface area contributed by atoms with Gasteiger partial charge in [0, 0.05) is 11.8 Å². The minimum Gasteiger partial charge on any atom is -0.454 e. The van der Waals surface area contributed by atoms with Crippen molar-refractivity contribution in [3.05, 3.63) is 18.2 Å². The number of rotatable bonds is 9. The number of hydrogen-bond acceptors (Lipinski definition) is 7. The summed E-state index contributed by atoms with van der Waals surface area (Å²) in [5.41, 5.74) is 0.459. The first-order chi connectivity index (χ1) is 12.7. The van der Waals surface area contributed by atoms with Gasteiger partial charge in [0.1, 0.15) is 6.04 Å². The van der Waals surface area contributed by atoms with Gasteiger partial charge in [-0.05, 0) is 32.4 Å². The average molecular weight is 400 g/mol. The van der Waals surface area contributed by atoms with Crippen molar-refractivity contribution in [3.63, 3.8) is 0 Å². The minimum absolute atomic E-state index is 0.0682. The van der Waals surface area contributed by atoms with Crippen LogP contribution >= 0.6 is 0 Å². The van der Waals surface area contributed by atoms with Crippen molar-refractivity contribution in [2.75, 3.05) is 17.9 Å². The fraction of sp³-hybridized carbons (Fsp3) is 0.529. The van der Waals surface area contributed by atoms with Gasteiger partial charge in [-0.15, -0.1) is 0 Å². The molecule has 2 rings (SSSR count). The molecular weight excluding hydrogens is 376 g/mol. The molecule has 0 saturated carbocycles. The first-order valence-electron chi connectivity index (χ1n) is 8.63. The van der Waals surface area contributed by atoms with E-state index in [9.17, 15) is 18.0 Å². The molecule has 0 unspecified atom stereocenters. The largest absolute Gasteiger partial charge is 0.454 e. The van der Waals surface area contributed by atoms with Crippen molar-refractivity contribution in [3.8, 4) is 11.5 Å². The molecule has 0 saturated heterocycles. The molecule has 0 fully saturated rings. The molecule has 0 bridgehead atoms. The number of hydrogen-bond donors (Lipinski definition) is 2. The Bertz CT molecular complexity index is 794. The van der Waals surface area contributed by atoms with E-state index in [1.807, 2.05) is 6.92 Å². The van der Waals surface area contributed by atoms with Gasteiger partial charge in [-0.2, -0.15) is 0 Å². The number of carbonyl (C=O) groups excluding carboxylic acids is 2. The number of unbranched alkanes of at least 4 members (excludes halogenated alkanes) is 1. The number of sulfonamides is 1. The monoisotopic (exact) mass is 400 g/mol. The topological polar surface area (TPSA) is 120 Å². The van der Waals surface area contributed by atoms with Crippen molar-refractivity contribution < 1.29 is 32.2 Å². The molecule has 1 aliphatic heterocycles. The van der Waals surface area contributed by atoms with E-state index >= 15 is 0 Å². The Kier molecular flexibility index (Phi) is 7.03. The van der Waals surface area contributed by atoms with E-state index < -0.39 is 34.0 Å². The van der Waals surface area contributed by atoms with Gasteiger partial charge in [0.05, 0.1) is 5.75 Å². The molecule has 0 aromatic heterocycles. The van der Waals surface area contributed by atoms with E-state index in [-0.39, 0.29) is 12.5 Å². The third-order valence-corrected chi connectivity index (χ3v) is 5.32. The second kappa shape index (κ2) is 9.05. The number of amides is 1. The minimum atomic E-state index is -3.58. The van der Waals surface area contributed by atoms with Crippen molar-refractivity contribution in [1.82, 2.24) is 4.72 Å². The highest BCUT2D eigenvalue weighted by Crippen LogP contribution is 2.34. The number of nitrogens with one attached hydrogen (secondary N) is 2. The van der Waals surface area contributed by atoms with Gasteiger partial charge in [-0.25, -0.2) is 13.1 Å². The lowest BCUT2D eigenvalue weighted by atomic mass is 10.2. The molecule has 1 aromatic rings. The molecule has 0 spiro atoms. The van der Waals surface area contributed by atoms with E-state index in [4.69, 9.17) is 14.2 Å². The lowest BCUT2D eigenvalue weighted by Crippen LogP contribution is -2.43. The van der Waals surface area contributed by atoms with Crippen LogP contribution in [0.25, 0.3) is 0 Å². The number of benzene rings is 1. The van der Waals surface area contributed by atoms with E-state index in [1.165, 1.54) is 13.8 Å².